The first kappa shape index (κ1) is 26.8. The van der Waals surface area contributed by atoms with Crippen LogP contribution >= 0.6 is 0 Å². The highest BCUT2D eigenvalue weighted by atomic mass is 16.4. The lowest BCUT2D eigenvalue weighted by Gasteiger charge is -2.25. The Morgan fingerprint density at radius 2 is 1.23 bits per heavy atom. The molecule has 13 nitrogen and oxygen atoms in total. The number of carbonyl (C=O) groups is 6. The molecule has 0 aromatic carbocycles. The zero-order chi connectivity index (χ0) is 23.6. The average Bonchev–Trinajstić information content (AvgIpc) is 2.62. The molecule has 0 rings (SSSR count). The van der Waals surface area contributed by atoms with Crippen LogP contribution in [0.4, 0.5) is 0 Å². The molecule has 0 heterocycles. The van der Waals surface area contributed by atoms with E-state index in [1.54, 1.807) is 13.8 Å². The van der Waals surface area contributed by atoms with Crippen molar-refractivity contribution >= 4 is 35.6 Å². The second-order valence-electron chi connectivity index (χ2n) is 7.01. The fourth-order valence-electron chi connectivity index (χ4n) is 2.16. The van der Waals surface area contributed by atoms with Crippen molar-refractivity contribution < 1.29 is 39.0 Å². The van der Waals surface area contributed by atoms with Crippen molar-refractivity contribution in [1.29, 1.82) is 0 Å². The minimum Gasteiger partial charge on any atom is -0.481 e. The molecule has 0 bridgehead atoms. The molecular weight excluding hydrogens is 402 g/mol. The van der Waals surface area contributed by atoms with E-state index in [9.17, 15) is 28.8 Å². The van der Waals surface area contributed by atoms with Crippen molar-refractivity contribution in [3.05, 3.63) is 0 Å². The van der Waals surface area contributed by atoms with Gasteiger partial charge in [-0.05, 0) is 19.8 Å². The van der Waals surface area contributed by atoms with E-state index in [0.717, 1.165) is 0 Å². The van der Waals surface area contributed by atoms with Crippen LogP contribution in [-0.4, -0.2) is 76.5 Å². The molecule has 0 saturated carbocycles. The normalized spacial score (nSPS) is 14.6. The number of rotatable bonds is 12. The first-order chi connectivity index (χ1) is 13.8. The summed E-state index contributed by atoms with van der Waals surface area (Å²) < 4.78 is 0. The minimum absolute atomic E-state index is 0.401. The molecule has 13 heteroatoms. The Morgan fingerprint density at radius 3 is 1.70 bits per heavy atom. The molecule has 4 atom stereocenters. The number of carboxylic acids is 2. The fourth-order valence-corrected chi connectivity index (χ4v) is 2.16. The van der Waals surface area contributed by atoms with E-state index in [2.05, 4.69) is 21.3 Å². The van der Waals surface area contributed by atoms with Crippen molar-refractivity contribution in [3.8, 4) is 0 Å². The lowest BCUT2D eigenvalue weighted by Crippen LogP contribution is -2.58. The van der Waals surface area contributed by atoms with Crippen LogP contribution in [0.5, 0.6) is 0 Å². The molecule has 8 N–H and O–H groups in total. The molecular formula is C17H29N5O8. The van der Waals surface area contributed by atoms with E-state index < -0.39 is 78.6 Å². The predicted octanol–water partition coefficient (Wildman–Crippen LogP) is -2.86. The zero-order valence-corrected chi connectivity index (χ0v) is 17.2. The van der Waals surface area contributed by atoms with Gasteiger partial charge in [-0.3, -0.25) is 28.8 Å². The van der Waals surface area contributed by atoms with Crippen LogP contribution in [0.15, 0.2) is 0 Å². The number of carboxylic acid groups (broad SMARTS) is 2. The second-order valence-corrected chi connectivity index (χ2v) is 7.01. The van der Waals surface area contributed by atoms with E-state index in [1.165, 1.54) is 13.8 Å². The van der Waals surface area contributed by atoms with E-state index in [-0.39, 0.29) is 0 Å². The lowest BCUT2D eigenvalue weighted by atomic mass is 10.0. The van der Waals surface area contributed by atoms with Gasteiger partial charge in [0.05, 0.1) is 12.5 Å². The standard InChI is InChI=1S/C17H29N5O8/c1-7(2)13(22-16(29)10(18)5-11(23)24)17(30)21-9(4)15(28)20-8(3)14(27)19-6-12(25)26/h7-10,13H,5-6,18H2,1-4H3,(H,19,27)(H,20,28)(H,21,30)(H,22,29)(H,23,24)(H,25,26)/t8-,9-,10-,13-/m0/s1. The van der Waals surface area contributed by atoms with E-state index >= 15 is 0 Å². The van der Waals surface area contributed by atoms with Crippen molar-refractivity contribution in [2.75, 3.05) is 6.54 Å². The summed E-state index contributed by atoms with van der Waals surface area (Å²) in [4.78, 5) is 69.5. The Morgan fingerprint density at radius 1 is 0.733 bits per heavy atom. The summed E-state index contributed by atoms with van der Waals surface area (Å²) in [6.45, 7) is 5.35. The monoisotopic (exact) mass is 431 g/mol. The summed E-state index contributed by atoms with van der Waals surface area (Å²) in [5.41, 5.74) is 5.48. The van der Waals surface area contributed by atoms with Crippen LogP contribution in [0.3, 0.4) is 0 Å². The van der Waals surface area contributed by atoms with Crippen molar-refractivity contribution in [2.45, 2.75) is 58.3 Å². The van der Waals surface area contributed by atoms with E-state index in [1.807, 2.05) is 0 Å². The van der Waals surface area contributed by atoms with Crippen LogP contribution in [0.1, 0.15) is 34.1 Å². The van der Waals surface area contributed by atoms with E-state index in [4.69, 9.17) is 15.9 Å². The summed E-state index contributed by atoms with van der Waals surface area (Å²) in [6.07, 6.45) is -0.612. The topological polar surface area (TPSA) is 217 Å². The summed E-state index contributed by atoms with van der Waals surface area (Å²) in [7, 11) is 0. The molecule has 0 aromatic heterocycles. The molecule has 0 aromatic rings. The maximum Gasteiger partial charge on any atom is 0.322 e. The highest BCUT2D eigenvalue weighted by molar-refractivity contribution is 5.95. The van der Waals surface area contributed by atoms with Gasteiger partial charge in [-0.25, -0.2) is 0 Å². The molecule has 0 aliphatic rings. The number of amides is 4. The molecule has 0 radical (unpaired) electrons. The third kappa shape index (κ3) is 9.82. The average molecular weight is 431 g/mol. The smallest absolute Gasteiger partial charge is 0.322 e. The Kier molecular flexibility index (Phi) is 11.0. The van der Waals surface area contributed by atoms with Crippen molar-refractivity contribution in [1.82, 2.24) is 21.3 Å². The number of nitrogens with one attached hydrogen (secondary N) is 4. The SMILES string of the molecule is CC(C)[C@H](NC(=O)[C@@H](N)CC(=O)O)C(=O)N[C@@H](C)C(=O)N[C@@H](C)C(=O)NCC(=O)O. The summed E-state index contributed by atoms with van der Waals surface area (Å²) in [5, 5.41) is 26.4. The quantitative estimate of drug-likeness (QED) is 0.169. The van der Waals surface area contributed by atoms with Crippen LogP contribution in [0.25, 0.3) is 0 Å². The van der Waals surface area contributed by atoms with Crippen molar-refractivity contribution in [2.24, 2.45) is 11.7 Å². The third-order valence-electron chi connectivity index (χ3n) is 3.90. The first-order valence-corrected chi connectivity index (χ1v) is 9.14. The maximum atomic E-state index is 12.5. The highest BCUT2D eigenvalue weighted by Crippen LogP contribution is 2.04. The van der Waals surface area contributed by atoms with Gasteiger partial charge in [0.25, 0.3) is 0 Å². The van der Waals surface area contributed by atoms with Gasteiger partial charge in [0.1, 0.15) is 24.7 Å². The number of carbonyl (C=O) groups excluding carboxylic acids is 4. The predicted molar refractivity (Wildman–Crippen MR) is 103 cm³/mol. The van der Waals surface area contributed by atoms with Crippen molar-refractivity contribution in [3.63, 3.8) is 0 Å². The molecule has 0 unspecified atom stereocenters. The minimum atomic E-state index is -1.34. The van der Waals surface area contributed by atoms with Gasteiger partial charge >= 0.3 is 11.9 Å². The zero-order valence-electron chi connectivity index (χ0n) is 17.2. The summed E-state index contributed by atoms with van der Waals surface area (Å²) in [6, 6.07) is -4.56. The van der Waals surface area contributed by atoms with Gasteiger partial charge in [-0.15, -0.1) is 0 Å². The molecule has 0 spiro atoms. The molecule has 0 fully saturated rings. The Labute approximate surface area is 173 Å². The molecule has 30 heavy (non-hydrogen) atoms. The fraction of sp³-hybridized carbons (Fsp3) is 0.647. The van der Waals surface area contributed by atoms with Gasteiger partial charge in [-0.2, -0.15) is 0 Å². The Balaban J connectivity index is 4.85. The number of hydrogen-bond acceptors (Lipinski definition) is 7. The molecule has 0 aliphatic heterocycles. The highest BCUT2D eigenvalue weighted by Gasteiger charge is 2.29. The van der Waals surface area contributed by atoms with Gasteiger partial charge in [0.2, 0.25) is 23.6 Å². The largest absolute Gasteiger partial charge is 0.481 e. The van der Waals surface area contributed by atoms with Crippen LogP contribution in [-0.2, 0) is 28.8 Å². The second kappa shape index (κ2) is 12.4. The number of aliphatic carboxylic acids is 2. The lowest BCUT2D eigenvalue weighted by molar-refractivity contribution is -0.140. The number of hydrogen-bond donors (Lipinski definition) is 7. The Bertz CT molecular complexity index is 681. The third-order valence-corrected chi connectivity index (χ3v) is 3.90. The molecule has 170 valence electrons. The summed E-state index contributed by atoms with van der Waals surface area (Å²) in [5.74, 6) is -5.87. The van der Waals surface area contributed by atoms with E-state index in [0.29, 0.717) is 0 Å². The summed E-state index contributed by atoms with van der Waals surface area (Å²) >= 11 is 0. The molecule has 0 aliphatic carbocycles. The number of nitrogens with two attached hydrogens (primary N) is 1. The van der Waals surface area contributed by atoms with Gasteiger partial charge in [0, 0.05) is 0 Å². The van der Waals surface area contributed by atoms with Crippen LogP contribution < -0.4 is 27.0 Å². The maximum absolute atomic E-state index is 12.5. The van der Waals surface area contributed by atoms with Crippen LogP contribution in [0, 0.1) is 5.92 Å². The molecule has 0 saturated heterocycles. The Hall–Kier alpha value is -3.22. The van der Waals surface area contributed by atoms with Gasteiger partial charge in [0.15, 0.2) is 0 Å². The van der Waals surface area contributed by atoms with Crippen LogP contribution in [0.2, 0.25) is 0 Å². The molecule has 4 amide bonds. The first-order valence-electron chi connectivity index (χ1n) is 9.14. The van der Waals surface area contributed by atoms with Gasteiger partial charge in [-0.1, -0.05) is 13.8 Å². The van der Waals surface area contributed by atoms with Gasteiger partial charge < -0.3 is 37.2 Å².